The van der Waals surface area contributed by atoms with Crippen molar-refractivity contribution in [1.82, 2.24) is 10.2 Å². The molecule has 0 bridgehead atoms. The number of ether oxygens (including phenoxy) is 1. The maximum absolute atomic E-state index is 6.02. The Morgan fingerprint density at radius 3 is 3.28 bits per heavy atom. The normalized spacial score (nSPS) is 27.0. The Balaban J connectivity index is 1.73. The summed E-state index contributed by atoms with van der Waals surface area (Å²) in [5, 5.41) is 5.59. The molecule has 0 fully saturated rings. The van der Waals surface area contributed by atoms with E-state index in [4.69, 9.17) is 4.74 Å². The van der Waals surface area contributed by atoms with Crippen molar-refractivity contribution in [3.05, 3.63) is 21.9 Å². The van der Waals surface area contributed by atoms with Gasteiger partial charge in [0.2, 0.25) is 0 Å². The molecule has 0 aromatic carbocycles. The fraction of sp³-hybridized carbons (Fsp3) is 0.615. The summed E-state index contributed by atoms with van der Waals surface area (Å²) in [7, 11) is 2.07. The largest absolute Gasteiger partial charge is 0.368 e. The molecule has 2 aliphatic heterocycles. The van der Waals surface area contributed by atoms with Crippen molar-refractivity contribution in [2.45, 2.75) is 18.9 Å². The first kappa shape index (κ1) is 12.0. The van der Waals surface area contributed by atoms with E-state index in [2.05, 4.69) is 40.6 Å². The molecule has 5 heteroatoms. The van der Waals surface area contributed by atoms with Gasteiger partial charge in [0.15, 0.2) is 5.96 Å². The average molecular weight is 265 g/mol. The number of nitrogens with one attached hydrogen (secondary N) is 1. The lowest BCUT2D eigenvalue weighted by atomic mass is 9.93. The number of hydrogen-bond donors (Lipinski definition) is 1. The summed E-state index contributed by atoms with van der Waals surface area (Å²) >= 11 is 1.84. The summed E-state index contributed by atoms with van der Waals surface area (Å²) in [5.74, 6) is 0.988. The quantitative estimate of drug-likeness (QED) is 0.879. The van der Waals surface area contributed by atoms with Crippen molar-refractivity contribution in [2.24, 2.45) is 4.99 Å². The number of thiophene rings is 1. The maximum Gasteiger partial charge on any atom is 0.193 e. The van der Waals surface area contributed by atoms with Crippen LogP contribution in [0.1, 0.15) is 17.4 Å². The highest BCUT2D eigenvalue weighted by molar-refractivity contribution is 7.10. The molecule has 0 aliphatic carbocycles. The van der Waals surface area contributed by atoms with E-state index in [1.165, 1.54) is 10.4 Å². The molecule has 2 aliphatic rings. The molecular formula is C13H19N3OS. The van der Waals surface area contributed by atoms with Crippen molar-refractivity contribution in [1.29, 1.82) is 0 Å². The third-order valence-electron chi connectivity index (χ3n) is 3.71. The SMILES string of the molecule is CN1CCN=C1NCC1(C)OCCc2sccc21. The first-order valence-corrected chi connectivity index (χ1v) is 7.27. The molecule has 18 heavy (non-hydrogen) atoms. The van der Waals surface area contributed by atoms with Gasteiger partial charge in [0.05, 0.1) is 19.7 Å². The van der Waals surface area contributed by atoms with Crippen LogP contribution in [0, 0.1) is 0 Å². The maximum atomic E-state index is 6.02. The summed E-state index contributed by atoms with van der Waals surface area (Å²) in [6.45, 7) is 5.65. The molecule has 3 rings (SSSR count). The van der Waals surface area contributed by atoms with E-state index in [0.717, 1.165) is 38.6 Å². The van der Waals surface area contributed by atoms with Crippen molar-refractivity contribution < 1.29 is 4.74 Å². The van der Waals surface area contributed by atoms with Gasteiger partial charge in [0, 0.05) is 24.9 Å². The molecule has 1 atom stereocenters. The molecule has 0 saturated heterocycles. The van der Waals surface area contributed by atoms with Crippen LogP contribution in [-0.4, -0.2) is 44.1 Å². The molecule has 0 saturated carbocycles. The first-order valence-electron chi connectivity index (χ1n) is 6.39. The summed E-state index contributed by atoms with van der Waals surface area (Å²) in [6.07, 6.45) is 1.05. The summed E-state index contributed by atoms with van der Waals surface area (Å²) in [6, 6.07) is 2.20. The molecule has 0 radical (unpaired) electrons. The molecule has 1 N–H and O–H groups in total. The number of likely N-dealkylation sites (N-methyl/N-ethyl adjacent to an activating group) is 1. The Kier molecular flexibility index (Phi) is 3.03. The minimum atomic E-state index is -0.223. The molecular weight excluding hydrogens is 246 g/mol. The Morgan fingerprint density at radius 1 is 1.61 bits per heavy atom. The van der Waals surface area contributed by atoms with E-state index in [9.17, 15) is 0 Å². The van der Waals surface area contributed by atoms with Crippen LogP contribution in [-0.2, 0) is 16.8 Å². The van der Waals surface area contributed by atoms with Gasteiger partial charge in [-0.25, -0.2) is 0 Å². The number of rotatable bonds is 2. The van der Waals surface area contributed by atoms with Gasteiger partial charge in [-0.15, -0.1) is 11.3 Å². The van der Waals surface area contributed by atoms with Gasteiger partial charge in [-0.2, -0.15) is 0 Å². The highest BCUT2D eigenvalue weighted by Gasteiger charge is 2.34. The number of aliphatic imine (C=N–C) groups is 1. The van der Waals surface area contributed by atoms with E-state index in [1.54, 1.807) is 0 Å². The smallest absolute Gasteiger partial charge is 0.193 e. The molecule has 98 valence electrons. The molecule has 4 nitrogen and oxygen atoms in total. The number of nitrogens with zero attached hydrogens (tertiary/aromatic N) is 2. The highest BCUT2D eigenvalue weighted by Crippen LogP contribution is 2.35. The van der Waals surface area contributed by atoms with Crippen molar-refractivity contribution in [2.75, 3.05) is 33.3 Å². The van der Waals surface area contributed by atoms with Crippen LogP contribution in [0.2, 0.25) is 0 Å². The van der Waals surface area contributed by atoms with Gasteiger partial charge in [0.1, 0.15) is 5.60 Å². The third kappa shape index (κ3) is 2.01. The van der Waals surface area contributed by atoms with E-state index in [0.29, 0.717) is 0 Å². The van der Waals surface area contributed by atoms with Gasteiger partial charge in [-0.05, 0) is 23.9 Å². The number of hydrogen-bond acceptors (Lipinski definition) is 5. The van der Waals surface area contributed by atoms with Crippen LogP contribution < -0.4 is 5.32 Å². The minimum Gasteiger partial charge on any atom is -0.368 e. The van der Waals surface area contributed by atoms with Crippen molar-refractivity contribution >= 4 is 17.3 Å². The van der Waals surface area contributed by atoms with E-state index in [-0.39, 0.29) is 5.60 Å². The Bertz CT molecular complexity index is 471. The zero-order valence-electron chi connectivity index (χ0n) is 10.9. The topological polar surface area (TPSA) is 36.9 Å². The van der Waals surface area contributed by atoms with Gasteiger partial charge in [0.25, 0.3) is 0 Å². The van der Waals surface area contributed by atoms with Gasteiger partial charge >= 0.3 is 0 Å². The second-order valence-electron chi connectivity index (χ2n) is 5.07. The highest BCUT2D eigenvalue weighted by atomic mass is 32.1. The first-order chi connectivity index (χ1) is 8.69. The molecule has 0 amide bonds. The zero-order valence-corrected chi connectivity index (χ0v) is 11.7. The predicted octanol–water partition coefficient (Wildman–Crippen LogP) is 1.43. The standard InChI is InChI=1S/C13H19N3OS/c1-13(9-15-12-14-5-6-16(12)2)10-4-8-18-11(10)3-7-17-13/h4,8H,3,5-7,9H2,1-2H3,(H,14,15). The number of fused-ring (bicyclic) bond motifs is 1. The van der Waals surface area contributed by atoms with Crippen LogP contribution in [0.3, 0.4) is 0 Å². The lowest BCUT2D eigenvalue weighted by Gasteiger charge is -2.35. The summed E-state index contributed by atoms with van der Waals surface area (Å²) in [5.41, 5.74) is 1.12. The van der Waals surface area contributed by atoms with Crippen molar-refractivity contribution in [3.63, 3.8) is 0 Å². The minimum absolute atomic E-state index is 0.223. The predicted molar refractivity (Wildman–Crippen MR) is 74.3 cm³/mol. The van der Waals surface area contributed by atoms with E-state index >= 15 is 0 Å². The molecule has 1 unspecified atom stereocenters. The fourth-order valence-corrected chi connectivity index (χ4v) is 3.55. The Hall–Kier alpha value is -1.07. The third-order valence-corrected chi connectivity index (χ3v) is 4.69. The van der Waals surface area contributed by atoms with Gasteiger partial charge in [-0.3, -0.25) is 4.99 Å². The van der Waals surface area contributed by atoms with Crippen molar-refractivity contribution in [3.8, 4) is 0 Å². The molecule has 1 aromatic rings. The monoisotopic (exact) mass is 265 g/mol. The Morgan fingerprint density at radius 2 is 2.50 bits per heavy atom. The van der Waals surface area contributed by atoms with Crippen LogP contribution in [0.4, 0.5) is 0 Å². The van der Waals surface area contributed by atoms with E-state index in [1.807, 2.05) is 11.3 Å². The molecule has 3 heterocycles. The van der Waals surface area contributed by atoms with Gasteiger partial charge < -0.3 is 15.0 Å². The lowest BCUT2D eigenvalue weighted by Crippen LogP contribution is -2.46. The van der Waals surface area contributed by atoms with Crippen LogP contribution in [0.25, 0.3) is 0 Å². The average Bonchev–Trinajstić information content (AvgIpc) is 2.96. The molecule has 1 aromatic heterocycles. The molecule has 0 spiro atoms. The lowest BCUT2D eigenvalue weighted by molar-refractivity contribution is -0.0412. The second-order valence-corrected chi connectivity index (χ2v) is 6.07. The summed E-state index contributed by atoms with van der Waals surface area (Å²) in [4.78, 5) is 8.07. The van der Waals surface area contributed by atoms with Crippen LogP contribution in [0.15, 0.2) is 16.4 Å². The number of guanidine groups is 1. The van der Waals surface area contributed by atoms with E-state index < -0.39 is 0 Å². The van der Waals surface area contributed by atoms with Crippen LogP contribution in [0.5, 0.6) is 0 Å². The van der Waals surface area contributed by atoms with Gasteiger partial charge in [-0.1, -0.05) is 0 Å². The van der Waals surface area contributed by atoms with Crippen LogP contribution >= 0.6 is 11.3 Å². The zero-order chi connectivity index (χ0) is 12.6. The second kappa shape index (κ2) is 4.55. The summed E-state index contributed by atoms with van der Waals surface area (Å²) < 4.78 is 6.02. The fourth-order valence-electron chi connectivity index (χ4n) is 2.57. The Labute approximate surface area is 112 Å².